The van der Waals surface area contributed by atoms with Gasteiger partial charge in [0, 0.05) is 0 Å². The highest BCUT2D eigenvalue weighted by Gasteiger charge is 2.17. The first kappa shape index (κ1) is 15.4. The van der Waals surface area contributed by atoms with Crippen LogP contribution in [-0.2, 0) is 16.3 Å². The van der Waals surface area contributed by atoms with Crippen molar-refractivity contribution in [2.24, 2.45) is 0 Å². The maximum atomic E-state index is 12.4. The molecule has 21 heavy (non-hydrogen) atoms. The van der Waals surface area contributed by atoms with Crippen LogP contribution in [0.4, 0.5) is 5.69 Å². The zero-order chi connectivity index (χ0) is 15.5. The van der Waals surface area contributed by atoms with E-state index in [9.17, 15) is 8.42 Å². The highest BCUT2D eigenvalue weighted by Crippen LogP contribution is 2.22. The normalized spacial score (nSPS) is 11.3. The molecule has 0 aliphatic heterocycles. The maximum Gasteiger partial charge on any atom is 0.180 e. The van der Waals surface area contributed by atoms with Crippen LogP contribution in [-0.4, -0.2) is 21.3 Å². The maximum absolute atomic E-state index is 12.4. The molecule has 2 rings (SSSR count). The van der Waals surface area contributed by atoms with Crippen LogP contribution < -0.4 is 10.5 Å². The van der Waals surface area contributed by atoms with Gasteiger partial charge in [-0.15, -0.1) is 0 Å². The number of sulfone groups is 1. The van der Waals surface area contributed by atoms with Gasteiger partial charge in [-0.3, -0.25) is 0 Å². The van der Waals surface area contributed by atoms with Crippen molar-refractivity contribution in [2.75, 3.05) is 18.6 Å². The van der Waals surface area contributed by atoms with E-state index in [-0.39, 0.29) is 10.6 Å². The third kappa shape index (κ3) is 3.76. The molecule has 0 aromatic heterocycles. The predicted octanol–water partition coefficient (Wildman–Crippen LogP) is 2.60. The summed E-state index contributed by atoms with van der Waals surface area (Å²) in [6.45, 7) is 1.88. The van der Waals surface area contributed by atoms with Gasteiger partial charge in [0.05, 0.1) is 23.4 Å². The Bertz CT molecular complexity index is 722. The zero-order valence-electron chi connectivity index (χ0n) is 12.2. The average Bonchev–Trinajstić information content (AvgIpc) is 2.45. The standard InChI is InChI=1S/C16H19NO3S/c1-12-3-8-16(15(17)11-12)21(18,19)10-9-13-4-6-14(20-2)7-5-13/h3-8,11H,9-10,17H2,1-2H3. The number of anilines is 1. The number of methoxy groups -OCH3 is 1. The third-order valence-electron chi connectivity index (χ3n) is 3.32. The van der Waals surface area contributed by atoms with Gasteiger partial charge in [0.1, 0.15) is 5.75 Å². The van der Waals surface area contributed by atoms with Gasteiger partial charge in [-0.2, -0.15) is 0 Å². The van der Waals surface area contributed by atoms with Crippen molar-refractivity contribution < 1.29 is 13.2 Å². The van der Waals surface area contributed by atoms with E-state index in [1.807, 2.05) is 31.2 Å². The second-order valence-electron chi connectivity index (χ2n) is 4.96. The average molecular weight is 305 g/mol. The van der Waals surface area contributed by atoms with Crippen molar-refractivity contribution >= 4 is 15.5 Å². The van der Waals surface area contributed by atoms with Crippen LogP contribution in [0.3, 0.4) is 0 Å². The Hall–Kier alpha value is -2.01. The highest BCUT2D eigenvalue weighted by atomic mass is 32.2. The molecule has 0 heterocycles. The number of hydrogen-bond acceptors (Lipinski definition) is 4. The van der Waals surface area contributed by atoms with Crippen LogP contribution in [0.5, 0.6) is 5.75 Å². The van der Waals surface area contributed by atoms with E-state index in [0.717, 1.165) is 16.9 Å². The summed E-state index contributed by atoms with van der Waals surface area (Å²) in [7, 11) is -1.78. The summed E-state index contributed by atoms with van der Waals surface area (Å²) in [5.74, 6) is 0.788. The Kier molecular flexibility index (Phi) is 4.53. The van der Waals surface area contributed by atoms with Gasteiger partial charge >= 0.3 is 0 Å². The summed E-state index contributed by atoms with van der Waals surface area (Å²) >= 11 is 0. The summed E-state index contributed by atoms with van der Waals surface area (Å²) < 4.78 is 29.8. The molecular formula is C16H19NO3S. The first-order valence-corrected chi connectivity index (χ1v) is 8.29. The molecule has 0 fully saturated rings. The SMILES string of the molecule is COc1ccc(CCS(=O)(=O)c2ccc(C)cc2N)cc1. The summed E-state index contributed by atoms with van der Waals surface area (Å²) in [5, 5.41) is 0. The molecule has 0 aliphatic rings. The third-order valence-corrected chi connectivity index (χ3v) is 5.10. The van der Waals surface area contributed by atoms with Gasteiger partial charge in [0.2, 0.25) is 0 Å². The van der Waals surface area contributed by atoms with Gasteiger partial charge in [-0.25, -0.2) is 8.42 Å². The molecule has 0 atom stereocenters. The van der Waals surface area contributed by atoms with E-state index >= 15 is 0 Å². The molecule has 0 unspecified atom stereocenters. The lowest BCUT2D eigenvalue weighted by Crippen LogP contribution is -2.11. The van der Waals surface area contributed by atoms with Crippen molar-refractivity contribution in [3.8, 4) is 5.75 Å². The number of ether oxygens (including phenoxy) is 1. The predicted molar refractivity (Wildman–Crippen MR) is 84.3 cm³/mol. The van der Waals surface area contributed by atoms with Crippen LogP contribution in [0.1, 0.15) is 11.1 Å². The molecule has 0 spiro atoms. The highest BCUT2D eigenvalue weighted by molar-refractivity contribution is 7.91. The van der Waals surface area contributed by atoms with E-state index < -0.39 is 9.84 Å². The molecule has 2 N–H and O–H groups in total. The van der Waals surface area contributed by atoms with Crippen molar-refractivity contribution in [3.05, 3.63) is 53.6 Å². The van der Waals surface area contributed by atoms with Gasteiger partial charge in [-0.05, 0) is 48.7 Å². The Morgan fingerprint density at radius 3 is 2.33 bits per heavy atom. The lowest BCUT2D eigenvalue weighted by atomic mass is 10.2. The number of rotatable bonds is 5. The molecular weight excluding hydrogens is 286 g/mol. The molecule has 0 aliphatic carbocycles. The molecule has 0 radical (unpaired) electrons. The van der Waals surface area contributed by atoms with E-state index in [0.29, 0.717) is 12.1 Å². The van der Waals surface area contributed by atoms with E-state index in [1.54, 1.807) is 25.3 Å². The minimum atomic E-state index is -3.38. The Balaban J connectivity index is 2.13. The minimum Gasteiger partial charge on any atom is -0.497 e. The lowest BCUT2D eigenvalue weighted by molar-refractivity contribution is 0.414. The second kappa shape index (κ2) is 6.18. The Morgan fingerprint density at radius 1 is 1.10 bits per heavy atom. The van der Waals surface area contributed by atoms with Crippen molar-refractivity contribution in [3.63, 3.8) is 0 Å². The van der Waals surface area contributed by atoms with E-state index in [1.165, 1.54) is 0 Å². The van der Waals surface area contributed by atoms with Gasteiger partial charge < -0.3 is 10.5 Å². The fourth-order valence-electron chi connectivity index (χ4n) is 2.11. The van der Waals surface area contributed by atoms with E-state index in [2.05, 4.69) is 0 Å². The Morgan fingerprint density at radius 2 is 1.76 bits per heavy atom. The summed E-state index contributed by atoms with van der Waals surface area (Å²) in [5.41, 5.74) is 8.02. The van der Waals surface area contributed by atoms with Crippen molar-refractivity contribution in [1.29, 1.82) is 0 Å². The van der Waals surface area contributed by atoms with Gasteiger partial charge in [-0.1, -0.05) is 18.2 Å². The molecule has 0 saturated heterocycles. The van der Waals surface area contributed by atoms with Crippen molar-refractivity contribution in [2.45, 2.75) is 18.2 Å². The van der Waals surface area contributed by atoms with Gasteiger partial charge in [0.25, 0.3) is 0 Å². The molecule has 0 bridgehead atoms. The second-order valence-corrected chi connectivity index (χ2v) is 7.04. The van der Waals surface area contributed by atoms with Crippen LogP contribution in [0.2, 0.25) is 0 Å². The van der Waals surface area contributed by atoms with Crippen LogP contribution in [0, 0.1) is 6.92 Å². The fraction of sp³-hybridized carbons (Fsp3) is 0.250. The smallest absolute Gasteiger partial charge is 0.180 e. The lowest BCUT2D eigenvalue weighted by Gasteiger charge is -2.09. The topological polar surface area (TPSA) is 69.4 Å². The fourth-order valence-corrected chi connectivity index (χ4v) is 3.52. The summed E-state index contributed by atoms with van der Waals surface area (Å²) in [4.78, 5) is 0.210. The van der Waals surface area contributed by atoms with Crippen molar-refractivity contribution in [1.82, 2.24) is 0 Å². The van der Waals surface area contributed by atoms with E-state index in [4.69, 9.17) is 10.5 Å². The summed E-state index contributed by atoms with van der Waals surface area (Å²) in [6, 6.07) is 12.4. The Labute approximate surface area is 125 Å². The van der Waals surface area contributed by atoms with Gasteiger partial charge in [0.15, 0.2) is 9.84 Å². The molecule has 2 aromatic carbocycles. The summed E-state index contributed by atoms with van der Waals surface area (Å²) in [6.07, 6.45) is 0.444. The van der Waals surface area contributed by atoms with Crippen LogP contribution >= 0.6 is 0 Å². The van der Waals surface area contributed by atoms with Crippen LogP contribution in [0.15, 0.2) is 47.4 Å². The minimum absolute atomic E-state index is 0.0343. The number of benzene rings is 2. The molecule has 0 saturated carbocycles. The molecule has 0 amide bonds. The molecule has 4 nitrogen and oxygen atoms in total. The molecule has 5 heteroatoms. The number of aryl methyl sites for hydroxylation is 2. The van der Waals surface area contributed by atoms with Crippen LogP contribution in [0.25, 0.3) is 0 Å². The molecule has 112 valence electrons. The number of nitrogens with two attached hydrogens (primary N) is 1. The number of nitrogen functional groups attached to an aromatic ring is 1. The quantitative estimate of drug-likeness (QED) is 0.862. The first-order chi connectivity index (χ1) is 9.92. The zero-order valence-corrected chi connectivity index (χ0v) is 13.0. The monoisotopic (exact) mass is 305 g/mol. The largest absolute Gasteiger partial charge is 0.497 e. The molecule has 2 aromatic rings. The number of hydrogen-bond donors (Lipinski definition) is 1. The first-order valence-electron chi connectivity index (χ1n) is 6.64.